The number of nitro groups is 1. The standard InChI is InChI=1S/C33H33N3O8/c1-44-19-22-16-25-31(33(41)35(32(25)40)23-8-6-9-24(17-23)36(42)43)26(18-37)30(22)29(39)13-12-20(27-10-4-5-14-34-27)15-21-7-2-3-11-28(21)38/h2-11,14-15,17,25-26,29,31,37-39H,12-13,16,18-19H2,1H3/b20-15-/t25-,26+,29-,31-/m1/s1. The van der Waals surface area contributed by atoms with Crippen LogP contribution < -0.4 is 4.90 Å². The van der Waals surface area contributed by atoms with Gasteiger partial charge in [-0.05, 0) is 66.3 Å². The summed E-state index contributed by atoms with van der Waals surface area (Å²) >= 11 is 0. The molecule has 2 amide bonds. The largest absolute Gasteiger partial charge is 0.507 e. The van der Waals surface area contributed by atoms with Gasteiger partial charge in [0.2, 0.25) is 11.8 Å². The number of ether oxygens (including phenoxy) is 1. The Morgan fingerprint density at radius 2 is 1.91 bits per heavy atom. The summed E-state index contributed by atoms with van der Waals surface area (Å²) in [7, 11) is 1.49. The van der Waals surface area contributed by atoms with Crippen LogP contribution in [0.25, 0.3) is 11.6 Å². The number of imide groups is 1. The molecule has 1 saturated heterocycles. The number of hydrogen-bond acceptors (Lipinski definition) is 9. The Kier molecular flexibility index (Phi) is 9.29. The highest BCUT2D eigenvalue weighted by Gasteiger charge is 2.55. The monoisotopic (exact) mass is 599 g/mol. The van der Waals surface area contributed by atoms with Crippen molar-refractivity contribution in [3.8, 4) is 5.75 Å². The van der Waals surface area contributed by atoms with Crippen molar-refractivity contribution in [2.75, 3.05) is 25.2 Å². The lowest BCUT2D eigenvalue weighted by Gasteiger charge is -2.36. The first-order chi connectivity index (χ1) is 21.2. The number of para-hydroxylation sites is 1. The van der Waals surface area contributed by atoms with Crippen molar-refractivity contribution in [1.82, 2.24) is 4.98 Å². The molecule has 2 aromatic carbocycles. The first kappa shape index (κ1) is 30.7. The number of rotatable bonds is 11. The van der Waals surface area contributed by atoms with Crippen molar-refractivity contribution < 1.29 is 34.6 Å². The highest BCUT2D eigenvalue weighted by molar-refractivity contribution is 6.22. The molecule has 1 aliphatic carbocycles. The summed E-state index contributed by atoms with van der Waals surface area (Å²) in [4.78, 5) is 43.5. The molecule has 2 heterocycles. The molecule has 0 unspecified atom stereocenters. The molecule has 3 aromatic rings. The van der Waals surface area contributed by atoms with E-state index in [9.17, 15) is 35.0 Å². The molecule has 3 N–H and O–H groups in total. The van der Waals surface area contributed by atoms with Gasteiger partial charge in [0, 0.05) is 36.9 Å². The Hall–Kier alpha value is -4.71. The van der Waals surface area contributed by atoms with Gasteiger partial charge in [0.15, 0.2) is 0 Å². The average molecular weight is 600 g/mol. The summed E-state index contributed by atoms with van der Waals surface area (Å²) in [6, 6.07) is 17.7. The minimum Gasteiger partial charge on any atom is -0.507 e. The number of aliphatic hydroxyl groups excluding tert-OH is 2. The number of allylic oxidation sites excluding steroid dienone is 1. The molecule has 0 spiro atoms. The Bertz CT molecular complexity index is 1620. The second-order valence-corrected chi connectivity index (χ2v) is 10.9. The van der Waals surface area contributed by atoms with Crippen LogP contribution in [0, 0.1) is 27.9 Å². The van der Waals surface area contributed by atoms with Crippen molar-refractivity contribution in [2.45, 2.75) is 25.4 Å². The third-order valence-corrected chi connectivity index (χ3v) is 8.30. The topological polar surface area (TPSA) is 163 Å². The Labute approximate surface area is 253 Å². The van der Waals surface area contributed by atoms with Gasteiger partial charge in [-0.3, -0.25) is 24.7 Å². The summed E-state index contributed by atoms with van der Waals surface area (Å²) < 4.78 is 5.42. The van der Waals surface area contributed by atoms with E-state index in [0.717, 1.165) is 10.5 Å². The van der Waals surface area contributed by atoms with Crippen molar-refractivity contribution >= 4 is 34.8 Å². The number of anilines is 1. The number of pyridine rings is 1. The van der Waals surface area contributed by atoms with Crippen LogP contribution in [-0.4, -0.2) is 63.5 Å². The van der Waals surface area contributed by atoms with Gasteiger partial charge < -0.3 is 20.1 Å². The molecule has 228 valence electrons. The van der Waals surface area contributed by atoms with Gasteiger partial charge in [-0.15, -0.1) is 0 Å². The first-order valence-corrected chi connectivity index (χ1v) is 14.3. The molecule has 1 aromatic heterocycles. The second-order valence-electron chi connectivity index (χ2n) is 10.9. The number of carbonyl (C=O) groups excluding carboxylic acids is 2. The maximum absolute atomic E-state index is 13.8. The predicted octanol–water partition coefficient (Wildman–Crippen LogP) is 4.14. The van der Waals surface area contributed by atoms with E-state index in [4.69, 9.17) is 4.74 Å². The summed E-state index contributed by atoms with van der Waals surface area (Å²) in [5, 5.41) is 43.9. The highest BCUT2D eigenvalue weighted by Crippen LogP contribution is 2.47. The number of methoxy groups -OCH3 is 1. The molecule has 5 rings (SSSR count). The number of amides is 2. The number of hydrogen-bond donors (Lipinski definition) is 3. The van der Waals surface area contributed by atoms with Crippen LogP contribution in [0.15, 0.2) is 84.1 Å². The van der Waals surface area contributed by atoms with E-state index >= 15 is 0 Å². The average Bonchev–Trinajstić information content (AvgIpc) is 3.28. The molecule has 1 aliphatic heterocycles. The van der Waals surface area contributed by atoms with Crippen molar-refractivity contribution in [1.29, 1.82) is 0 Å². The fraction of sp³-hybridized carbons (Fsp3) is 0.303. The number of phenolic OH excluding ortho intramolecular Hbond substituents is 1. The molecule has 11 heteroatoms. The zero-order chi connectivity index (χ0) is 31.4. The van der Waals surface area contributed by atoms with E-state index in [2.05, 4.69) is 4.98 Å². The van der Waals surface area contributed by atoms with E-state index in [1.807, 2.05) is 18.2 Å². The van der Waals surface area contributed by atoms with Crippen LogP contribution in [0.5, 0.6) is 5.75 Å². The number of fused-ring (bicyclic) bond motifs is 1. The maximum atomic E-state index is 13.8. The number of nitro benzene ring substituents is 1. The van der Waals surface area contributed by atoms with Gasteiger partial charge in [0.05, 0.1) is 47.5 Å². The number of aromatic hydroxyl groups is 1. The Morgan fingerprint density at radius 3 is 2.59 bits per heavy atom. The smallest absolute Gasteiger partial charge is 0.271 e. The minimum atomic E-state index is -1.09. The van der Waals surface area contributed by atoms with Gasteiger partial charge in [0.25, 0.3) is 5.69 Å². The Morgan fingerprint density at radius 1 is 1.14 bits per heavy atom. The molecule has 1 fully saturated rings. The van der Waals surface area contributed by atoms with Gasteiger partial charge in [-0.25, -0.2) is 4.90 Å². The summed E-state index contributed by atoms with van der Waals surface area (Å²) in [6.45, 7) is -0.408. The van der Waals surface area contributed by atoms with Crippen molar-refractivity contribution in [3.63, 3.8) is 0 Å². The van der Waals surface area contributed by atoms with Crippen molar-refractivity contribution in [2.24, 2.45) is 17.8 Å². The van der Waals surface area contributed by atoms with E-state index in [1.54, 1.807) is 36.5 Å². The van der Waals surface area contributed by atoms with Crippen LogP contribution in [0.1, 0.15) is 30.5 Å². The molecule has 0 bridgehead atoms. The van der Waals surface area contributed by atoms with Crippen molar-refractivity contribution in [3.05, 3.63) is 105 Å². The summed E-state index contributed by atoms with van der Waals surface area (Å²) in [5.74, 6) is -3.62. The molecular weight excluding hydrogens is 566 g/mol. The number of benzene rings is 2. The SMILES string of the molecule is COCC1=C([C@H](O)CC/C(=C/c2ccccc2O)c2ccccn2)[C@H](CO)[C@@H]2C(=O)N(c3cccc([N+](=O)[O-])c3)C(=O)[C@@H]2C1. The number of phenols is 1. The fourth-order valence-electron chi connectivity index (χ4n) is 6.34. The third kappa shape index (κ3) is 6.02. The number of aromatic nitrogens is 1. The van der Waals surface area contributed by atoms with Crippen LogP contribution in [0.2, 0.25) is 0 Å². The van der Waals surface area contributed by atoms with Gasteiger partial charge >= 0.3 is 0 Å². The Balaban J connectivity index is 1.46. The van der Waals surface area contributed by atoms with E-state index in [0.29, 0.717) is 28.8 Å². The maximum Gasteiger partial charge on any atom is 0.271 e. The van der Waals surface area contributed by atoms with Gasteiger partial charge in [-0.1, -0.05) is 30.3 Å². The lowest BCUT2D eigenvalue weighted by atomic mass is 9.68. The van der Waals surface area contributed by atoms with E-state index < -0.39 is 47.2 Å². The van der Waals surface area contributed by atoms with Gasteiger partial charge in [0.1, 0.15) is 5.75 Å². The molecular formula is C33H33N3O8. The number of non-ortho nitro benzene ring substituents is 1. The van der Waals surface area contributed by atoms with Crippen LogP contribution in [-0.2, 0) is 14.3 Å². The first-order valence-electron chi connectivity index (χ1n) is 14.3. The second kappa shape index (κ2) is 13.3. The minimum absolute atomic E-state index is 0.0879. The predicted molar refractivity (Wildman–Crippen MR) is 162 cm³/mol. The zero-order valence-corrected chi connectivity index (χ0v) is 24.1. The molecule has 2 aliphatic rings. The zero-order valence-electron chi connectivity index (χ0n) is 24.1. The summed E-state index contributed by atoms with van der Waals surface area (Å²) in [6.07, 6.45) is 3.05. The van der Waals surface area contributed by atoms with E-state index in [-0.39, 0.29) is 36.6 Å². The molecule has 44 heavy (non-hydrogen) atoms. The van der Waals surface area contributed by atoms with Gasteiger partial charge in [-0.2, -0.15) is 0 Å². The van der Waals surface area contributed by atoms with Crippen LogP contribution >= 0.6 is 0 Å². The molecule has 4 atom stereocenters. The van der Waals surface area contributed by atoms with Crippen LogP contribution in [0.4, 0.5) is 11.4 Å². The molecule has 0 saturated carbocycles. The fourth-order valence-corrected chi connectivity index (χ4v) is 6.34. The van der Waals surface area contributed by atoms with Crippen LogP contribution in [0.3, 0.4) is 0 Å². The normalized spacial score (nSPS) is 21.0. The number of aliphatic hydroxyl groups is 2. The number of carbonyl (C=O) groups is 2. The third-order valence-electron chi connectivity index (χ3n) is 8.30. The highest BCUT2D eigenvalue weighted by atomic mass is 16.6. The lowest BCUT2D eigenvalue weighted by Crippen LogP contribution is -2.39. The summed E-state index contributed by atoms with van der Waals surface area (Å²) in [5.41, 5.74) is 2.94. The molecule has 11 nitrogen and oxygen atoms in total. The molecule has 0 radical (unpaired) electrons. The number of nitrogens with zero attached hydrogens (tertiary/aromatic N) is 3. The van der Waals surface area contributed by atoms with E-state index in [1.165, 1.54) is 31.4 Å². The lowest BCUT2D eigenvalue weighted by molar-refractivity contribution is -0.384. The quantitative estimate of drug-likeness (QED) is 0.127.